The fourth-order valence-electron chi connectivity index (χ4n) is 2.65. The van der Waals surface area contributed by atoms with Gasteiger partial charge in [-0.2, -0.15) is 0 Å². The highest BCUT2D eigenvalue weighted by Gasteiger charge is 2.18. The second-order valence-electron chi connectivity index (χ2n) is 5.60. The Bertz CT molecular complexity index is 919. The van der Waals surface area contributed by atoms with Gasteiger partial charge in [-0.05, 0) is 43.3 Å². The van der Waals surface area contributed by atoms with Crippen molar-refractivity contribution in [1.29, 1.82) is 0 Å². The lowest BCUT2D eigenvalue weighted by molar-refractivity contribution is 0.0913. The lowest BCUT2D eigenvalue weighted by atomic mass is 10.1. The predicted octanol–water partition coefficient (Wildman–Crippen LogP) is 4.70. The summed E-state index contributed by atoms with van der Waals surface area (Å²) >= 11 is 3.41. The fraction of sp³-hybridized carbons (Fsp3) is 0.211. The van der Waals surface area contributed by atoms with Gasteiger partial charge in [0.1, 0.15) is 17.1 Å². The normalized spacial score (nSPS) is 12.0. The number of hydrogen-bond donors (Lipinski definition) is 1. The van der Waals surface area contributed by atoms with Gasteiger partial charge in [0.15, 0.2) is 5.76 Å². The van der Waals surface area contributed by atoms with Crippen LogP contribution in [0.15, 0.2) is 51.4 Å². The average molecular weight is 404 g/mol. The molecular formula is C19H18BrNO4. The zero-order chi connectivity index (χ0) is 18.0. The van der Waals surface area contributed by atoms with E-state index >= 15 is 0 Å². The van der Waals surface area contributed by atoms with Gasteiger partial charge < -0.3 is 19.2 Å². The van der Waals surface area contributed by atoms with Crippen LogP contribution in [0.1, 0.15) is 29.1 Å². The third-order valence-electron chi connectivity index (χ3n) is 3.96. The summed E-state index contributed by atoms with van der Waals surface area (Å²) in [6.07, 6.45) is 0. The first-order valence-corrected chi connectivity index (χ1v) is 8.53. The minimum absolute atomic E-state index is 0.256. The number of carbonyl (C=O) groups excluding carboxylic acids is 1. The molecule has 3 rings (SSSR count). The minimum atomic E-state index is -0.280. The SMILES string of the molecule is COc1ccc(C(C)NC(=O)c2cc3cc(Br)ccc3o2)c(OC)c1. The van der Waals surface area contributed by atoms with E-state index in [-0.39, 0.29) is 17.7 Å². The molecule has 0 saturated heterocycles. The minimum Gasteiger partial charge on any atom is -0.497 e. The molecule has 1 amide bonds. The summed E-state index contributed by atoms with van der Waals surface area (Å²) in [6.45, 7) is 1.89. The maximum atomic E-state index is 12.5. The van der Waals surface area contributed by atoms with Crippen LogP contribution in [0.2, 0.25) is 0 Å². The van der Waals surface area contributed by atoms with E-state index < -0.39 is 0 Å². The van der Waals surface area contributed by atoms with Gasteiger partial charge >= 0.3 is 0 Å². The van der Waals surface area contributed by atoms with Crippen molar-refractivity contribution < 1.29 is 18.7 Å². The molecule has 6 heteroatoms. The van der Waals surface area contributed by atoms with Crippen molar-refractivity contribution in [2.24, 2.45) is 0 Å². The lowest BCUT2D eigenvalue weighted by Crippen LogP contribution is -2.26. The molecule has 5 nitrogen and oxygen atoms in total. The molecule has 1 atom stereocenters. The molecule has 1 aromatic heterocycles. The van der Waals surface area contributed by atoms with E-state index in [2.05, 4.69) is 21.2 Å². The zero-order valence-corrected chi connectivity index (χ0v) is 15.7. The van der Waals surface area contributed by atoms with Crippen LogP contribution < -0.4 is 14.8 Å². The Labute approximate surface area is 154 Å². The molecule has 3 aromatic rings. The van der Waals surface area contributed by atoms with Crippen molar-refractivity contribution in [1.82, 2.24) is 5.32 Å². The number of rotatable bonds is 5. The van der Waals surface area contributed by atoms with Crippen LogP contribution in [0, 0.1) is 0 Å². The van der Waals surface area contributed by atoms with Crippen molar-refractivity contribution in [3.05, 3.63) is 58.3 Å². The summed E-state index contributed by atoms with van der Waals surface area (Å²) in [5.74, 6) is 1.34. The van der Waals surface area contributed by atoms with Gasteiger partial charge in [0.25, 0.3) is 5.91 Å². The molecule has 1 heterocycles. The maximum absolute atomic E-state index is 12.5. The standard InChI is InChI=1S/C19H18BrNO4/c1-11(15-6-5-14(23-2)10-17(15)24-3)21-19(22)18-9-12-8-13(20)4-7-16(12)25-18/h4-11H,1-3H3,(H,21,22). The number of furan rings is 1. The number of fused-ring (bicyclic) bond motifs is 1. The molecule has 2 aromatic carbocycles. The van der Waals surface area contributed by atoms with Crippen LogP contribution in [-0.4, -0.2) is 20.1 Å². The van der Waals surface area contributed by atoms with Gasteiger partial charge in [-0.3, -0.25) is 4.79 Å². The number of hydrogen-bond acceptors (Lipinski definition) is 4. The summed E-state index contributed by atoms with van der Waals surface area (Å²) in [7, 11) is 3.18. The molecule has 130 valence electrons. The third kappa shape index (κ3) is 3.64. The van der Waals surface area contributed by atoms with Gasteiger partial charge in [0, 0.05) is 21.5 Å². The third-order valence-corrected chi connectivity index (χ3v) is 4.45. The topological polar surface area (TPSA) is 60.7 Å². The number of halogens is 1. The molecular weight excluding hydrogens is 386 g/mol. The number of nitrogens with one attached hydrogen (secondary N) is 1. The fourth-order valence-corrected chi connectivity index (χ4v) is 3.03. The summed E-state index contributed by atoms with van der Waals surface area (Å²) in [6, 6.07) is 12.6. The first-order chi connectivity index (χ1) is 12.0. The van der Waals surface area contributed by atoms with Crippen LogP contribution in [0.5, 0.6) is 11.5 Å². The molecule has 0 bridgehead atoms. The van der Waals surface area contributed by atoms with E-state index in [9.17, 15) is 4.79 Å². The molecule has 1 N–H and O–H groups in total. The first-order valence-electron chi connectivity index (χ1n) is 7.73. The molecule has 0 spiro atoms. The van der Waals surface area contributed by atoms with E-state index in [4.69, 9.17) is 13.9 Å². The maximum Gasteiger partial charge on any atom is 0.287 e. The smallest absolute Gasteiger partial charge is 0.287 e. The molecule has 0 aliphatic rings. The Morgan fingerprint density at radius 3 is 2.64 bits per heavy atom. The van der Waals surface area contributed by atoms with Crippen molar-refractivity contribution in [3.63, 3.8) is 0 Å². The Kier molecular flexibility index (Phi) is 4.99. The summed E-state index contributed by atoms with van der Waals surface area (Å²) in [5, 5.41) is 3.80. The highest BCUT2D eigenvalue weighted by Crippen LogP contribution is 2.30. The summed E-state index contributed by atoms with van der Waals surface area (Å²) < 4.78 is 17.2. The highest BCUT2D eigenvalue weighted by atomic mass is 79.9. The summed E-state index contributed by atoms with van der Waals surface area (Å²) in [4.78, 5) is 12.5. The Balaban J connectivity index is 1.81. The largest absolute Gasteiger partial charge is 0.497 e. The monoisotopic (exact) mass is 403 g/mol. The molecule has 0 fully saturated rings. The van der Waals surface area contributed by atoms with Crippen LogP contribution in [0.4, 0.5) is 0 Å². The Morgan fingerprint density at radius 1 is 1.12 bits per heavy atom. The van der Waals surface area contributed by atoms with Gasteiger partial charge in [-0.1, -0.05) is 15.9 Å². The van der Waals surface area contributed by atoms with Crippen LogP contribution >= 0.6 is 15.9 Å². The number of amides is 1. The van der Waals surface area contributed by atoms with Gasteiger partial charge in [0.2, 0.25) is 0 Å². The van der Waals surface area contributed by atoms with Crippen molar-refractivity contribution in [2.75, 3.05) is 14.2 Å². The average Bonchev–Trinajstić information content (AvgIpc) is 3.04. The van der Waals surface area contributed by atoms with Crippen molar-refractivity contribution in [2.45, 2.75) is 13.0 Å². The number of ether oxygens (including phenoxy) is 2. The van der Waals surface area contributed by atoms with Gasteiger partial charge in [-0.25, -0.2) is 0 Å². The lowest BCUT2D eigenvalue weighted by Gasteiger charge is -2.17. The highest BCUT2D eigenvalue weighted by molar-refractivity contribution is 9.10. The molecule has 0 aliphatic heterocycles. The quantitative estimate of drug-likeness (QED) is 0.670. The van der Waals surface area contributed by atoms with E-state index in [1.807, 2.05) is 37.3 Å². The predicted molar refractivity (Wildman–Crippen MR) is 99.3 cm³/mol. The Morgan fingerprint density at radius 2 is 1.92 bits per heavy atom. The molecule has 0 radical (unpaired) electrons. The second kappa shape index (κ2) is 7.19. The molecule has 1 unspecified atom stereocenters. The van der Waals surface area contributed by atoms with Crippen LogP contribution in [0.3, 0.4) is 0 Å². The van der Waals surface area contributed by atoms with E-state index in [1.165, 1.54) is 0 Å². The van der Waals surface area contributed by atoms with Crippen LogP contribution in [-0.2, 0) is 0 Å². The summed E-state index contributed by atoms with van der Waals surface area (Å²) in [5.41, 5.74) is 1.53. The molecule has 0 aliphatic carbocycles. The van der Waals surface area contributed by atoms with Gasteiger partial charge in [-0.15, -0.1) is 0 Å². The number of methoxy groups -OCH3 is 2. The number of carbonyl (C=O) groups is 1. The molecule has 0 saturated carbocycles. The zero-order valence-electron chi connectivity index (χ0n) is 14.1. The second-order valence-corrected chi connectivity index (χ2v) is 6.51. The Hall–Kier alpha value is -2.47. The van der Waals surface area contributed by atoms with Gasteiger partial charge in [0.05, 0.1) is 20.3 Å². The number of benzene rings is 2. The molecule has 25 heavy (non-hydrogen) atoms. The first kappa shape index (κ1) is 17.4. The van der Waals surface area contributed by atoms with E-state index in [0.717, 1.165) is 15.4 Å². The van der Waals surface area contributed by atoms with E-state index in [1.54, 1.807) is 26.4 Å². The van der Waals surface area contributed by atoms with Crippen molar-refractivity contribution >= 4 is 32.8 Å². The van der Waals surface area contributed by atoms with Crippen molar-refractivity contribution in [3.8, 4) is 11.5 Å². The van der Waals surface area contributed by atoms with Crippen LogP contribution in [0.25, 0.3) is 11.0 Å². The van der Waals surface area contributed by atoms with E-state index in [0.29, 0.717) is 17.1 Å².